The van der Waals surface area contributed by atoms with Crippen molar-refractivity contribution in [2.75, 3.05) is 26.7 Å². The Morgan fingerprint density at radius 1 is 0.704 bits per heavy atom. The number of aliphatic carboxylic acids is 1. The Hall–Kier alpha value is -10.9. The van der Waals surface area contributed by atoms with Gasteiger partial charge in [-0.15, -0.1) is 0 Å². The average Bonchev–Trinajstić information content (AvgIpc) is 0.764. The fraction of sp³-hybridized carbons (Fsp3) is 0.471. The second-order valence-electron chi connectivity index (χ2n) is 32.3. The van der Waals surface area contributed by atoms with E-state index in [0.29, 0.717) is 19.3 Å². The second kappa shape index (κ2) is 41.0. The number of fused-ring (bicyclic) bond motifs is 15. The predicted molar refractivity (Wildman–Crippen MR) is 445 cm³/mol. The fourth-order valence-corrected chi connectivity index (χ4v) is 16.7. The maximum absolute atomic E-state index is 16.3. The van der Waals surface area contributed by atoms with Crippen LogP contribution in [0.2, 0.25) is 5.02 Å². The molecule has 0 aromatic heterocycles. The number of nitrogens with two attached hydrogens (primary N) is 2. The number of likely N-dealkylation sites (N-methyl/N-ethyl adjacent to an activating group) is 1. The van der Waals surface area contributed by atoms with Gasteiger partial charge in [0.2, 0.25) is 63.4 Å². The van der Waals surface area contributed by atoms with E-state index >= 15 is 24.0 Å². The Balaban J connectivity index is 1.02. The van der Waals surface area contributed by atoms with Gasteiger partial charge < -0.3 is 133 Å². The molecular formula is C85H106ClN11O27S. The van der Waals surface area contributed by atoms with Crippen molar-refractivity contribution in [2.24, 2.45) is 17.4 Å². The van der Waals surface area contributed by atoms with Gasteiger partial charge in [-0.1, -0.05) is 88.4 Å². The lowest BCUT2D eigenvalue weighted by atomic mass is 9.86. The van der Waals surface area contributed by atoms with Crippen LogP contribution in [0.1, 0.15) is 168 Å². The van der Waals surface area contributed by atoms with E-state index in [-0.39, 0.29) is 59.2 Å². The summed E-state index contributed by atoms with van der Waals surface area (Å²) >= 11 is 7.16. The highest BCUT2D eigenvalue weighted by Gasteiger charge is 2.52. The van der Waals surface area contributed by atoms with Crippen molar-refractivity contribution in [1.29, 1.82) is 0 Å². The number of aliphatic hydroxyl groups excluding tert-OH is 6. The van der Waals surface area contributed by atoms with Gasteiger partial charge in [0.05, 0.1) is 41.2 Å². The smallest absolute Gasteiger partial charge is 0.412 e. The normalized spacial score (nSPS) is 26.1. The van der Waals surface area contributed by atoms with E-state index in [0.717, 1.165) is 98.3 Å². The highest BCUT2D eigenvalue weighted by molar-refractivity contribution is 7.89. The first kappa shape index (κ1) is 94.8. The van der Waals surface area contributed by atoms with Gasteiger partial charge in [-0.05, 0) is 166 Å². The number of halogens is 1. The van der Waals surface area contributed by atoms with Gasteiger partial charge in [-0.25, -0.2) is 22.7 Å². The van der Waals surface area contributed by atoms with Gasteiger partial charge in [0, 0.05) is 47.8 Å². The van der Waals surface area contributed by atoms with Gasteiger partial charge in [0.25, 0.3) is 0 Å². The number of sulfonamides is 1. The van der Waals surface area contributed by atoms with Crippen LogP contribution < -0.4 is 77.7 Å². The molecule has 0 spiro atoms. The molecule has 125 heavy (non-hydrogen) atoms. The maximum Gasteiger partial charge on any atom is 0.412 e. The summed E-state index contributed by atoms with van der Waals surface area (Å²) in [5.74, 6) is -15.7. The Labute approximate surface area is 724 Å². The number of unbranched alkanes of at least 4 members (excludes halogenated alkanes) is 5. The molecule has 0 radical (unpaired) electrons. The first-order valence-corrected chi connectivity index (χ1v) is 42.8. The maximum atomic E-state index is 16.3. The van der Waals surface area contributed by atoms with Crippen LogP contribution in [0.3, 0.4) is 0 Å². The number of carbonyl (C=O) groups excluding carboxylic acids is 8. The van der Waals surface area contributed by atoms with E-state index in [9.17, 15) is 73.6 Å². The SMILES string of the molecule is CCCCCCc1ccc(S(=O)(=O)NCCCCCNC(=O)Oc2cc(O)c3c(c2)[C@@H](C(=O)O)NC(=O)[C@H]2NC(=O)[C@H](NC(=O)[C@@H]4NC(=O)[C@H](CC(N)=O)NC(=O)[C@H](NC(=O)[C@@H](CC(C)C)NC)[C@H](O)c5ccc(c(C)c5)Oc5cc4cc(c5O[C@@H]4O[C@H](CO)[C@@H](O)[C@H](O)[C@H]4O[C@H]4C[C@](C)(N)[C@H](O)[C@H](C)O4)Oc4ccc(cc4Cl)[C@H]2O)c2ccc(O)c-3c2)cc1. The lowest BCUT2D eigenvalue weighted by molar-refractivity contribution is -0.333. The van der Waals surface area contributed by atoms with Crippen molar-refractivity contribution >= 4 is 75.0 Å². The first-order chi connectivity index (χ1) is 59.3. The minimum Gasteiger partial charge on any atom is -0.507 e. The molecule has 0 unspecified atom stereocenters. The third-order valence-electron chi connectivity index (χ3n) is 22.2. The monoisotopic (exact) mass is 1780 g/mol. The predicted octanol–water partition coefficient (Wildman–Crippen LogP) is 3.42. The van der Waals surface area contributed by atoms with Crippen molar-refractivity contribution in [3.05, 3.63) is 147 Å². The molecule has 7 aliphatic heterocycles. The highest BCUT2D eigenvalue weighted by Crippen LogP contribution is 2.50. The van der Waals surface area contributed by atoms with Crippen LogP contribution in [0.4, 0.5) is 4.79 Å². The van der Waals surface area contributed by atoms with Crippen LogP contribution in [-0.4, -0.2) is 213 Å². The summed E-state index contributed by atoms with van der Waals surface area (Å²) in [6.07, 6.45) is -13.6. The number of rotatable bonds is 27. The van der Waals surface area contributed by atoms with Crippen LogP contribution >= 0.6 is 11.6 Å². The van der Waals surface area contributed by atoms with E-state index in [1.165, 1.54) is 46.0 Å². The van der Waals surface area contributed by atoms with Gasteiger partial charge in [-0.2, -0.15) is 0 Å². The van der Waals surface area contributed by atoms with Crippen molar-refractivity contribution in [2.45, 2.75) is 226 Å². The molecule has 0 saturated carbocycles. The quantitative estimate of drug-likeness (QED) is 0.0328. The Bertz CT molecular complexity index is 5110. The topological polar surface area (TPSA) is 595 Å². The molecule has 7 heterocycles. The number of aromatic hydroxyl groups is 2. The molecule has 0 aliphatic carbocycles. The molecule has 6 aromatic carbocycles. The largest absolute Gasteiger partial charge is 0.507 e. The summed E-state index contributed by atoms with van der Waals surface area (Å²) < 4.78 is 73.2. The number of aliphatic hydroxyl groups is 6. The second-order valence-corrected chi connectivity index (χ2v) is 34.4. The molecule has 11 bridgehead atoms. The number of nitrogens with one attached hydrogen (secondary N) is 9. The molecule has 18 atom stereocenters. The molecule has 22 N–H and O–H groups in total. The average molecular weight is 1780 g/mol. The molecule has 676 valence electrons. The highest BCUT2D eigenvalue weighted by atomic mass is 35.5. The number of hydrogen-bond donors (Lipinski definition) is 20. The number of carbonyl (C=O) groups is 9. The van der Waals surface area contributed by atoms with Crippen molar-refractivity contribution in [1.82, 2.24) is 47.3 Å². The standard InChI is InChI=1S/C85H106ClN11O27S/c1-8-9-10-12-15-42-16-21-48(22-17-42)125(116,117)91-27-14-11-13-26-90-84(115)119-47-34-50-63(55(100)35-47)49-30-43(18-23-54(49)99)64-78(109)97-68(81(112)95-66(50)82(113)114)70(103)45-20-25-57(51(86)31-45)121-59-33-46-32-58(73(59)124-83-74(72(105)71(104)60(38-98)122-83)123-62-37-85(6,88)75(106)41(5)118-62)120-56-24-19-44(29-40(56)4)69(102)67(96-76(107)52(89-7)28-39(2)3)80(111)92-53(36-61(87)101)77(108)93-65(46)79(110)94-64/h16-25,29-35,39,41,52-53,60,62,64-72,74-75,83,89,91,98-100,102-106H,8-15,26-28,36-38,88H2,1-7H3,(H2,87,101)(H,90,115)(H,92,111)(H,93,108)(H,94,110)(H,95,112)(H,96,107)(H,97,109)(H,113,114)/t41-,52+,53-,60+,62-,64+,65+,66-,67+,68-,69+,70+,71+,72-,74+,75+,83-,85-/m0/s1. The van der Waals surface area contributed by atoms with Crippen molar-refractivity contribution < 1.29 is 131 Å². The number of primary amides is 1. The van der Waals surface area contributed by atoms with Crippen molar-refractivity contribution in [3.8, 4) is 57.1 Å². The number of phenols is 2. The molecule has 8 amide bonds. The minimum atomic E-state index is -3.84. The lowest BCUT2D eigenvalue weighted by Gasteiger charge is -2.47. The number of phenolic OH excluding ortho intramolecular Hbond substituents is 2. The lowest BCUT2D eigenvalue weighted by Crippen LogP contribution is -2.64. The van der Waals surface area contributed by atoms with Crippen LogP contribution in [0.15, 0.2) is 108 Å². The summed E-state index contributed by atoms with van der Waals surface area (Å²) in [5, 5.41) is 125. The van der Waals surface area contributed by atoms with Gasteiger partial charge in [-0.3, -0.25) is 33.6 Å². The van der Waals surface area contributed by atoms with Gasteiger partial charge in [0.1, 0.15) is 89.5 Å². The van der Waals surface area contributed by atoms with E-state index in [1.807, 2.05) is 13.8 Å². The number of benzene rings is 6. The Morgan fingerprint density at radius 3 is 2.00 bits per heavy atom. The molecule has 2 saturated heterocycles. The number of aryl methyl sites for hydroxylation is 2. The van der Waals surface area contributed by atoms with Crippen LogP contribution in [0.5, 0.6) is 46.0 Å². The molecular weight excluding hydrogens is 1670 g/mol. The van der Waals surface area contributed by atoms with Gasteiger partial charge in [0.15, 0.2) is 29.9 Å². The summed E-state index contributed by atoms with van der Waals surface area (Å²) in [7, 11) is -2.36. The number of amides is 8. The van der Waals surface area contributed by atoms with E-state index in [4.69, 9.17) is 56.2 Å². The molecule has 2 fully saturated rings. The zero-order valence-electron chi connectivity index (χ0n) is 69.4. The van der Waals surface area contributed by atoms with Gasteiger partial charge >= 0.3 is 12.1 Å². The molecule has 40 heteroatoms. The number of carboxylic acids is 1. The zero-order chi connectivity index (χ0) is 90.8. The molecule has 6 aromatic rings. The van der Waals surface area contributed by atoms with Crippen LogP contribution in [-0.2, 0) is 69.0 Å². The fourth-order valence-electron chi connectivity index (χ4n) is 15.4. The number of carboxylic acid groups (broad SMARTS) is 1. The zero-order valence-corrected chi connectivity index (χ0v) is 71.0. The third kappa shape index (κ3) is 22.7. The minimum absolute atomic E-state index is 0.0379. The van der Waals surface area contributed by atoms with Crippen LogP contribution in [0.25, 0.3) is 11.1 Å². The summed E-state index contributed by atoms with van der Waals surface area (Å²) in [4.78, 5) is 133. The summed E-state index contributed by atoms with van der Waals surface area (Å²) in [6, 6.07) is 6.38. The third-order valence-corrected chi connectivity index (χ3v) is 24.0. The van der Waals surface area contributed by atoms with E-state index < -0.39 is 259 Å². The Morgan fingerprint density at radius 2 is 1.35 bits per heavy atom. The molecule has 13 rings (SSSR count). The summed E-state index contributed by atoms with van der Waals surface area (Å²) in [5.41, 5.74) is 9.17. The molecule has 7 aliphatic rings. The van der Waals surface area contributed by atoms with Crippen LogP contribution in [0, 0.1) is 12.8 Å². The Kier molecular flexibility index (Phi) is 31.1. The first-order valence-electron chi connectivity index (χ1n) is 40.9. The number of ether oxygens (including phenoxy) is 7. The number of hydrogen-bond acceptors (Lipinski definition) is 28. The van der Waals surface area contributed by atoms with E-state index in [1.54, 1.807) is 24.3 Å². The van der Waals surface area contributed by atoms with E-state index in [2.05, 4.69) is 54.2 Å². The van der Waals surface area contributed by atoms with Crippen molar-refractivity contribution in [3.63, 3.8) is 0 Å². The summed E-state index contributed by atoms with van der Waals surface area (Å²) in [6.45, 7) is 9.32. The molecule has 38 nitrogen and oxygen atoms in total.